The predicted molar refractivity (Wildman–Crippen MR) is 85.4 cm³/mol. The molecule has 1 aromatic rings. The van der Waals surface area contributed by atoms with Gasteiger partial charge in [0.25, 0.3) is 5.91 Å². The molecule has 0 radical (unpaired) electrons. The van der Waals surface area contributed by atoms with E-state index in [4.69, 9.17) is 4.74 Å². The van der Waals surface area contributed by atoms with Crippen molar-refractivity contribution in [3.8, 4) is 5.75 Å². The highest BCUT2D eigenvalue weighted by Gasteiger charge is 2.10. The molecule has 2 N–H and O–H groups in total. The molecule has 0 bridgehead atoms. The highest BCUT2D eigenvalue weighted by Crippen LogP contribution is 2.22. The molecule has 1 atom stereocenters. The molecule has 0 unspecified atom stereocenters. The van der Waals surface area contributed by atoms with Crippen LogP contribution in [0.1, 0.15) is 38.1 Å². The van der Waals surface area contributed by atoms with E-state index in [0.717, 1.165) is 11.0 Å². The van der Waals surface area contributed by atoms with Crippen molar-refractivity contribution in [2.24, 2.45) is 0 Å². The first-order valence-corrected chi connectivity index (χ1v) is 7.70. The molecular formula is C15H23BrN2O2. The summed E-state index contributed by atoms with van der Waals surface area (Å²) in [7, 11) is 0. The monoisotopic (exact) mass is 342 g/mol. The van der Waals surface area contributed by atoms with Crippen molar-refractivity contribution in [3.05, 3.63) is 28.2 Å². The largest absolute Gasteiger partial charge is 0.491 e. The third kappa shape index (κ3) is 5.92. The van der Waals surface area contributed by atoms with Gasteiger partial charge in [-0.2, -0.15) is 0 Å². The topological polar surface area (TPSA) is 50.4 Å². The number of hydrogen-bond donors (Lipinski definition) is 2. The molecule has 5 heteroatoms. The number of halogens is 1. The summed E-state index contributed by atoms with van der Waals surface area (Å²) in [6.07, 6.45) is 0.0778. The smallest absolute Gasteiger partial charge is 0.251 e. The van der Waals surface area contributed by atoms with Crippen molar-refractivity contribution in [1.29, 1.82) is 0 Å². The molecule has 20 heavy (non-hydrogen) atoms. The van der Waals surface area contributed by atoms with Gasteiger partial charge < -0.3 is 15.4 Å². The zero-order chi connectivity index (χ0) is 15.1. The van der Waals surface area contributed by atoms with E-state index in [2.05, 4.69) is 26.6 Å². The van der Waals surface area contributed by atoms with E-state index in [9.17, 15) is 4.79 Å². The standard InChI is InChI=1S/C15H23BrN2O2/c1-5-17-11(4)9-18-15(19)12-6-13(16)8-14(7-12)20-10(2)3/h6-8,10-11,17H,5,9H2,1-4H3,(H,18,19)/t11-/m1/s1. The van der Waals surface area contributed by atoms with E-state index in [-0.39, 0.29) is 18.1 Å². The van der Waals surface area contributed by atoms with Gasteiger partial charge in [-0.25, -0.2) is 0 Å². The number of hydrogen-bond acceptors (Lipinski definition) is 3. The zero-order valence-electron chi connectivity index (χ0n) is 12.5. The number of amides is 1. The minimum absolute atomic E-state index is 0.0778. The second-order valence-electron chi connectivity index (χ2n) is 5.01. The van der Waals surface area contributed by atoms with Gasteiger partial charge in [0.05, 0.1) is 6.10 Å². The fraction of sp³-hybridized carbons (Fsp3) is 0.533. The molecule has 1 aromatic carbocycles. The Kier molecular flexibility index (Phi) is 7.02. The summed E-state index contributed by atoms with van der Waals surface area (Å²) in [5.41, 5.74) is 0.596. The lowest BCUT2D eigenvalue weighted by Crippen LogP contribution is -2.38. The van der Waals surface area contributed by atoms with Crippen LogP contribution in [0.2, 0.25) is 0 Å². The van der Waals surface area contributed by atoms with Crippen molar-refractivity contribution >= 4 is 21.8 Å². The minimum Gasteiger partial charge on any atom is -0.491 e. The normalized spacial score (nSPS) is 12.3. The van der Waals surface area contributed by atoms with Gasteiger partial charge in [-0.15, -0.1) is 0 Å². The Morgan fingerprint density at radius 2 is 2.00 bits per heavy atom. The van der Waals surface area contributed by atoms with Crippen LogP contribution >= 0.6 is 15.9 Å². The summed E-state index contributed by atoms with van der Waals surface area (Å²) in [6.45, 7) is 9.48. The number of nitrogens with one attached hydrogen (secondary N) is 2. The Hall–Kier alpha value is -1.07. The highest BCUT2D eigenvalue weighted by atomic mass is 79.9. The Morgan fingerprint density at radius 1 is 1.30 bits per heavy atom. The van der Waals surface area contributed by atoms with Crippen LogP contribution in [0, 0.1) is 0 Å². The lowest BCUT2D eigenvalue weighted by atomic mass is 10.2. The zero-order valence-corrected chi connectivity index (χ0v) is 14.1. The van der Waals surface area contributed by atoms with Gasteiger partial charge in [0, 0.05) is 22.6 Å². The van der Waals surface area contributed by atoms with E-state index in [1.54, 1.807) is 12.1 Å². The maximum absolute atomic E-state index is 12.1. The molecule has 1 amide bonds. The van der Waals surface area contributed by atoms with E-state index in [1.165, 1.54) is 0 Å². The number of benzene rings is 1. The molecule has 0 fully saturated rings. The molecule has 0 aliphatic rings. The second kappa shape index (κ2) is 8.27. The number of ether oxygens (including phenoxy) is 1. The van der Waals surface area contributed by atoms with Gasteiger partial charge >= 0.3 is 0 Å². The molecule has 4 nitrogen and oxygen atoms in total. The number of carbonyl (C=O) groups is 1. The Labute approximate surface area is 129 Å². The first kappa shape index (κ1) is 17.0. The van der Waals surface area contributed by atoms with Gasteiger partial charge in [-0.1, -0.05) is 22.9 Å². The van der Waals surface area contributed by atoms with Gasteiger partial charge in [0.2, 0.25) is 0 Å². The minimum atomic E-state index is -0.0929. The van der Waals surface area contributed by atoms with Crippen molar-refractivity contribution in [2.45, 2.75) is 39.8 Å². The van der Waals surface area contributed by atoms with Crippen LogP contribution in [0.4, 0.5) is 0 Å². The van der Waals surface area contributed by atoms with Crippen LogP contribution in [0.3, 0.4) is 0 Å². The SMILES string of the molecule is CCN[C@H](C)CNC(=O)c1cc(Br)cc(OC(C)C)c1. The van der Waals surface area contributed by atoms with Crippen LogP contribution in [0.25, 0.3) is 0 Å². The number of carbonyl (C=O) groups excluding carboxylic acids is 1. The van der Waals surface area contributed by atoms with Crippen LogP contribution in [0.5, 0.6) is 5.75 Å². The first-order chi connectivity index (χ1) is 9.42. The van der Waals surface area contributed by atoms with Crippen molar-refractivity contribution < 1.29 is 9.53 Å². The van der Waals surface area contributed by atoms with E-state index in [0.29, 0.717) is 17.9 Å². The van der Waals surface area contributed by atoms with Crippen LogP contribution in [0.15, 0.2) is 22.7 Å². The first-order valence-electron chi connectivity index (χ1n) is 6.91. The number of likely N-dealkylation sites (N-methyl/N-ethyl adjacent to an activating group) is 1. The maximum Gasteiger partial charge on any atom is 0.251 e. The quantitative estimate of drug-likeness (QED) is 0.800. The molecular weight excluding hydrogens is 320 g/mol. The Bertz CT molecular complexity index is 449. The van der Waals surface area contributed by atoms with Crippen LogP contribution in [-0.4, -0.2) is 31.1 Å². The van der Waals surface area contributed by atoms with Gasteiger partial charge in [0.15, 0.2) is 0 Å². The molecule has 0 aliphatic carbocycles. The van der Waals surface area contributed by atoms with Gasteiger partial charge in [0.1, 0.15) is 5.75 Å². The molecule has 0 heterocycles. The van der Waals surface area contributed by atoms with Gasteiger partial charge in [-0.05, 0) is 45.5 Å². The fourth-order valence-corrected chi connectivity index (χ4v) is 2.27. The summed E-state index contributed by atoms with van der Waals surface area (Å²) >= 11 is 3.40. The average molecular weight is 343 g/mol. The predicted octanol–water partition coefficient (Wildman–Crippen LogP) is 2.96. The summed E-state index contributed by atoms with van der Waals surface area (Å²) in [6, 6.07) is 5.67. The molecule has 112 valence electrons. The van der Waals surface area contributed by atoms with E-state index < -0.39 is 0 Å². The second-order valence-corrected chi connectivity index (χ2v) is 5.93. The lowest BCUT2D eigenvalue weighted by molar-refractivity contribution is 0.0949. The van der Waals surface area contributed by atoms with Gasteiger partial charge in [-0.3, -0.25) is 4.79 Å². The molecule has 0 aromatic heterocycles. The lowest BCUT2D eigenvalue weighted by Gasteiger charge is -2.14. The maximum atomic E-state index is 12.1. The summed E-state index contributed by atoms with van der Waals surface area (Å²) < 4.78 is 6.46. The Balaban J connectivity index is 2.69. The molecule has 0 spiro atoms. The highest BCUT2D eigenvalue weighted by molar-refractivity contribution is 9.10. The van der Waals surface area contributed by atoms with E-state index in [1.807, 2.05) is 33.8 Å². The number of rotatable bonds is 7. The average Bonchev–Trinajstić information content (AvgIpc) is 2.34. The van der Waals surface area contributed by atoms with Crippen molar-refractivity contribution in [1.82, 2.24) is 10.6 Å². The fourth-order valence-electron chi connectivity index (χ4n) is 1.80. The molecule has 0 saturated carbocycles. The van der Waals surface area contributed by atoms with Crippen molar-refractivity contribution in [3.63, 3.8) is 0 Å². The third-order valence-corrected chi connectivity index (χ3v) is 3.08. The molecule has 0 aliphatic heterocycles. The van der Waals surface area contributed by atoms with Crippen LogP contribution in [-0.2, 0) is 0 Å². The Morgan fingerprint density at radius 3 is 2.60 bits per heavy atom. The molecule has 0 saturated heterocycles. The third-order valence-electron chi connectivity index (χ3n) is 2.63. The van der Waals surface area contributed by atoms with E-state index >= 15 is 0 Å². The summed E-state index contributed by atoms with van der Waals surface area (Å²) in [4.78, 5) is 12.1. The molecule has 1 rings (SSSR count). The summed E-state index contributed by atoms with van der Waals surface area (Å²) in [5, 5.41) is 6.17. The van der Waals surface area contributed by atoms with Crippen molar-refractivity contribution in [2.75, 3.05) is 13.1 Å². The summed E-state index contributed by atoms with van der Waals surface area (Å²) in [5.74, 6) is 0.601. The van der Waals surface area contributed by atoms with Crippen LogP contribution < -0.4 is 15.4 Å².